The van der Waals surface area contributed by atoms with Crippen molar-refractivity contribution in [2.24, 2.45) is 0 Å². The Morgan fingerprint density at radius 3 is 2.68 bits per heavy atom. The van der Waals surface area contributed by atoms with E-state index in [9.17, 15) is 14.0 Å². The van der Waals surface area contributed by atoms with Crippen LogP contribution in [0.2, 0.25) is 0 Å². The van der Waals surface area contributed by atoms with E-state index < -0.39 is 11.7 Å². The van der Waals surface area contributed by atoms with Gasteiger partial charge in [0.25, 0.3) is 0 Å². The number of carbonyl (C=O) groups excluding carboxylic acids is 2. The molecule has 2 aliphatic rings. The van der Waals surface area contributed by atoms with Gasteiger partial charge < -0.3 is 18.9 Å². The lowest BCUT2D eigenvalue weighted by Gasteiger charge is -2.30. The number of para-hydroxylation sites is 2. The van der Waals surface area contributed by atoms with Crippen molar-refractivity contribution in [2.45, 2.75) is 31.9 Å². The lowest BCUT2D eigenvalue weighted by atomic mass is 10.0. The number of nitrogens with zero attached hydrogens (tertiary/aromatic N) is 4. The van der Waals surface area contributed by atoms with Gasteiger partial charge in [-0.3, -0.25) is 9.69 Å². The largest absolute Gasteiger partial charge is 0.436 e. The van der Waals surface area contributed by atoms with Crippen LogP contribution in [0.4, 0.5) is 14.9 Å². The molecule has 0 aliphatic carbocycles. The summed E-state index contributed by atoms with van der Waals surface area (Å²) < 4.78 is 26.8. The quantitative estimate of drug-likeness (QED) is 0.588. The molecule has 1 atom stereocenters. The first-order valence-electron chi connectivity index (χ1n) is 11.4. The fourth-order valence-corrected chi connectivity index (χ4v) is 4.66. The first-order valence-corrected chi connectivity index (χ1v) is 11.4. The van der Waals surface area contributed by atoms with Gasteiger partial charge in [-0.05, 0) is 36.4 Å². The van der Waals surface area contributed by atoms with E-state index in [4.69, 9.17) is 14.5 Å². The van der Waals surface area contributed by atoms with Crippen LogP contribution in [0.25, 0.3) is 11.0 Å². The molecule has 2 aromatic carbocycles. The van der Waals surface area contributed by atoms with Gasteiger partial charge in [-0.2, -0.15) is 0 Å². The fourth-order valence-electron chi connectivity index (χ4n) is 4.66. The maximum Gasteiger partial charge on any atom is 0.415 e. The third-order valence-electron chi connectivity index (χ3n) is 6.30. The number of aromatic nitrogens is 2. The van der Waals surface area contributed by atoms with Gasteiger partial charge in [0.05, 0.1) is 37.3 Å². The highest BCUT2D eigenvalue weighted by Gasteiger charge is 2.49. The van der Waals surface area contributed by atoms with Crippen LogP contribution in [0.15, 0.2) is 48.5 Å². The average Bonchev–Trinajstić information content (AvgIpc) is 3.26. The monoisotopic (exact) mass is 466 g/mol. The van der Waals surface area contributed by atoms with E-state index in [1.165, 1.54) is 29.2 Å². The normalized spacial score (nSPS) is 20.9. The number of carbonyl (C=O) groups is 2. The van der Waals surface area contributed by atoms with Gasteiger partial charge in [0.15, 0.2) is 5.60 Å². The van der Waals surface area contributed by atoms with Crippen molar-refractivity contribution in [2.75, 3.05) is 37.7 Å². The summed E-state index contributed by atoms with van der Waals surface area (Å²) in [5, 5.41) is 0. The molecule has 178 valence electrons. The van der Waals surface area contributed by atoms with E-state index in [0.717, 1.165) is 16.9 Å². The second-order valence-corrected chi connectivity index (χ2v) is 9.18. The van der Waals surface area contributed by atoms with E-state index in [-0.39, 0.29) is 43.9 Å². The van der Waals surface area contributed by atoms with Crippen LogP contribution in [-0.4, -0.2) is 64.9 Å². The van der Waals surface area contributed by atoms with Crippen LogP contribution in [0.3, 0.4) is 0 Å². The topological polar surface area (TPSA) is 76.9 Å². The van der Waals surface area contributed by atoms with Crippen LogP contribution < -0.4 is 4.90 Å². The molecule has 5 rings (SSSR count). The molecular weight excluding hydrogens is 439 g/mol. The molecule has 2 aliphatic heterocycles. The number of imidazole rings is 1. The Labute approximate surface area is 196 Å². The minimum atomic E-state index is -0.991. The van der Waals surface area contributed by atoms with Gasteiger partial charge in [-0.1, -0.05) is 26.0 Å². The highest BCUT2D eigenvalue weighted by Crippen LogP contribution is 2.31. The van der Waals surface area contributed by atoms with Crippen LogP contribution in [-0.2, 0) is 20.8 Å². The Kier molecular flexibility index (Phi) is 5.73. The highest BCUT2D eigenvalue weighted by atomic mass is 19.1. The van der Waals surface area contributed by atoms with Crippen molar-refractivity contribution >= 4 is 28.7 Å². The number of hydrogen-bond donors (Lipinski definition) is 0. The molecule has 3 heterocycles. The van der Waals surface area contributed by atoms with Gasteiger partial charge in [-0.15, -0.1) is 0 Å². The van der Waals surface area contributed by atoms with E-state index >= 15 is 0 Å². The van der Waals surface area contributed by atoms with Gasteiger partial charge in [0.2, 0.25) is 5.91 Å². The molecular formula is C25H27FN4O4. The number of rotatable bonds is 4. The summed E-state index contributed by atoms with van der Waals surface area (Å²) in [7, 11) is 0. The molecule has 0 radical (unpaired) electrons. The van der Waals surface area contributed by atoms with Crippen molar-refractivity contribution in [3.8, 4) is 0 Å². The number of fused-ring (bicyclic) bond motifs is 1. The van der Waals surface area contributed by atoms with Crippen LogP contribution in [0.5, 0.6) is 0 Å². The van der Waals surface area contributed by atoms with Gasteiger partial charge in [0, 0.05) is 18.2 Å². The predicted octanol–water partition coefficient (Wildman–Crippen LogP) is 3.55. The van der Waals surface area contributed by atoms with Crippen molar-refractivity contribution in [3.05, 3.63) is 60.2 Å². The molecule has 9 heteroatoms. The summed E-state index contributed by atoms with van der Waals surface area (Å²) >= 11 is 0. The van der Waals surface area contributed by atoms with E-state index in [0.29, 0.717) is 18.8 Å². The molecule has 8 nitrogen and oxygen atoms in total. The zero-order valence-corrected chi connectivity index (χ0v) is 19.2. The fraction of sp³-hybridized carbons (Fsp3) is 0.400. The second kappa shape index (κ2) is 8.72. The maximum absolute atomic E-state index is 13.5. The second-order valence-electron chi connectivity index (χ2n) is 9.18. The summed E-state index contributed by atoms with van der Waals surface area (Å²) in [5.41, 5.74) is 1.32. The van der Waals surface area contributed by atoms with Crippen molar-refractivity contribution in [1.82, 2.24) is 14.5 Å². The molecule has 1 unspecified atom stereocenters. The molecule has 0 saturated carbocycles. The lowest BCUT2D eigenvalue weighted by molar-refractivity contribution is -0.133. The van der Waals surface area contributed by atoms with E-state index in [1.54, 1.807) is 4.90 Å². The molecule has 1 spiro atoms. The Balaban J connectivity index is 1.38. The smallest absolute Gasteiger partial charge is 0.415 e. The van der Waals surface area contributed by atoms with Crippen LogP contribution in [0, 0.1) is 5.82 Å². The number of ether oxygens (including phenoxy) is 2. The molecule has 2 amide bonds. The summed E-state index contributed by atoms with van der Waals surface area (Å²) in [6.07, 6.45) is -0.535. The maximum atomic E-state index is 13.5. The van der Waals surface area contributed by atoms with E-state index in [1.807, 2.05) is 28.8 Å². The summed E-state index contributed by atoms with van der Waals surface area (Å²) in [6, 6.07) is 13.5. The molecule has 2 saturated heterocycles. The summed E-state index contributed by atoms with van der Waals surface area (Å²) in [5.74, 6) is 0.531. The van der Waals surface area contributed by atoms with Gasteiger partial charge in [0.1, 0.15) is 18.2 Å². The average molecular weight is 467 g/mol. The summed E-state index contributed by atoms with van der Waals surface area (Å²) in [4.78, 5) is 34.0. The molecule has 0 bridgehead atoms. The zero-order valence-electron chi connectivity index (χ0n) is 19.2. The molecule has 34 heavy (non-hydrogen) atoms. The Bertz CT molecular complexity index is 1230. The SMILES string of the molecule is CC(C)c1nc2ccccc2n1CC(=O)N1CCOCC2(C1)CN(c1ccc(F)cc1)C(=O)O2. The van der Waals surface area contributed by atoms with Gasteiger partial charge >= 0.3 is 6.09 Å². The first-order chi connectivity index (χ1) is 16.3. The minimum Gasteiger partial charge on any atom is -0.436 e. The standard InChI is InChI=1S/C25H27FN4O4/c1-17(2)23-27-20-5-3-4-6-21(20)29(23)13-22(31)28-11-12-33-16-25(14-28)15-30(24(32)34-25)19-9-7-18(26)8-10-19/h3-10,17H,11-16H2,1-2H3. The molecule has 2 fully saturated rings. The Hall–Kier alpha value is -3.46. The number of benzene rings is 2. The van der Waals surface area contributed by atoms with Crippen molar-refractivity contribution in [3.63, 3.8) is 0 Å². The first kappa shape index (κ1) is 22.3. The predicted molar refractivity (Wildman–Crippen MR) is 124 cm³/mol. The van der Waals surface area contributed by atoms with Crippen molar-refractivity contribution in [1.29, 1.82) is 0 Å². The third kappa shape index (κ3) is 4.11. The lowest BCUT2D eigenvalue weighted by Crippen LogP contribution is -2.50. The molecule has 3 aromatic rings. The van der Waals surface area contributed by atoms with Gasteiger partial charge in [-0.25, -0.2) is 14.2 Å². The highest BCUT2D eigenvalue weighted by molar-refractivity contribution is 5.90. The third-order valence-corrected chi connectivity index (χ3v) is 6.30. The Morgan fingerprint density at radius 2 is 1.91 bits per heavy atom. The zero-order chi connectivity index (χ0) is 23.9. The number of halogens is 1. The van der Waals surface area contributed by atoms with E-state index in [2.05, 4.69) is 13.8 Å². The number of anilines is 1. The van der Waals surface area contributed by atoms with Crippen LogP contribution in [0.1, 0.15) is 25.6 Å². The molecule has 0 N–H and O–H groups in total. The summed E-state index contributed by atoms with van der Waals surface area (Å²) in [6.45, 7) is 5.62. The Morgan fingerprint density at radius 1 is 1.15 bits per heavy atom. The molecule has 1 aromatic heterocycles. The number of amides is 2. The number of hydrogen-bond acceptors (Lipinski definition) is 5. The van der Waals surface area contributed by atoms with Crippen molar-refractivity contribution < 1.29 is 23.5 Å². The van der Waals surface area contributed by atoms with Crippen LogP contribution >= 0.6 is 0 Å². The minimum absolute atomic E-state index is 0.0915.